The zero-order valence-electron chi connectivity index (χ0n) is 16.0. The molecule has 0 fully saturated rings. The highest BCUT2D eigenvalue weighted by Gasteiger charge is 2.39. The number of nitriles is 1. The van der Waals surface area contributed by atoms with Crippen molar-refractivity contribution >= 4 is 16.7 Å². The molecule has 144 valence electrons. The number of halogens is 1. The average Bonchev–Trinajstić information content (AvgIpc) is 3.26. The monoisotopic (exact) mass is 392 g/mol. The number of fused-ring (bicyclic) bond motifs is 1. The number of benzene rings is 3. The minimum atomic E-state index is -0.747. The van der Waals surface area contributed by atoms with E-state index in [1.165, 1.54) is 12.1 Å². The second-order valence-electron chi connectivity index (χ2n) is 7.29. The molecule has 1 N–H and O–H groups in total. The Morgan fingerprint density at radius 3 is 2.60 bits per heavy atom. The molecule has 0 bridgehead atoms. The van der Waals surface area contributed by atoms with Crippen LogP contribution in [0.25, 0.3) is 10.9 Å². The van der Waals surface area contributed by atoms with Crippen molar-refractivity contribution in [3.8, 4) is 6.07 Å². The van der Waals surface area contributed by atoms with E-state index in [1.807, 2.05) is 48.7 Å². The van der Waals surface area contributed by atoms with Crippen molar-refractivity contribution in [3.05, 3.63) is 113 Å². The molecule has 2 heterocycles. The first-order valence-corrected chi connectivity index (χ1v) is 9.63. The smallest absolute Gasteiger partial charge is 0.132 e. The van der Waals surface area contributed by atoms with E-state index in [-0.39, 0.29) is 5.82 Å². The maximum atomic E-state index is 13.6. The van der Waals surface area contributed by atoms with Gasteiger partial charge in [-0.05, 0) is 42.0 Å². The first-order chi connectivity index (χ1) is 14.7. The van der Waals surface area contributed by atoms with Crippen LogP contribution in [-0.4, -0.2) is 17.4 Å². The molecule has 1 aliphatic heterocycles. The van der Waals surface area contributed by atoms with Crippen LogP contribution in [0.5, 0.6) is 0 Å². The Balaban J connectivity index is 1.70. The van der Waals surface area contributed by atoms with Gasteiger partial charge in [0, 0.05) is 22.7 Å². The van der Waals surface area contributed by atoms with Crippen molar-refractivity contribution in [2.75, 3.05) is 6.54 Å². The number of aromatic nitrogens is 1. The number of rotatable bonds is 3. The molecule has 5 rings (SSSR count). The fourth-order valence-corrected chi connectivity index (χ4v) is 3.91. The minimum absolute atomic E-state index is 0.289. The van der Waals surface area contributed by atoms with Crippen LogP contribution in [0.15, 0.2) is 90.1 Å². The maximum Gasteiger partial charge on any atom is 0.132 e. The number of aliphatic imine (C=N–C) groups is 1. The summed E-state index contributed by atoms with van der Waals surface area (Å²) < 4.78 is 13.6. The van der Waals surface area contributed by atoms with Crippen LogP contribution >= 0.6 is 0 Å². The van der Waals surface area contributed by atoms with Gasteiger partial charge in [0.25, 0.3) is 0 Å². The summed E-state index contributed by atoms with van der Waals surface area (Å²) in [5.41, 5.74) is 3.37. The predicted molar refractivity (Wildman–Crippen MR) is 115 cm³/mol. The Hall–Kier alpha value is -4.04. The van der Waals surface area contributed by atoms with Gasteiger partial charge in [0.2, 0.25) is 0 Å². The van der Waals surface area contributed by atoms with E-state index in [1.54, 1.807) is 18.2 Å². The quantitative estimate of drug-likeness (QED) is 0.557. The van der Waals surface area contributed by atoms with E-state index in [0.717, 1.165) is 27.6 Å². The summed E-state index contributed by atoms with van der Waals surface area (Å²) >= 11 is 0. The zero-order valence-corrected chi connectivity index (χ0v) is 16.0. The lowest BCUT2D eigenvalue weighted by atomic mass is 9.84. The van der Waals surface area contributed by atoms with E-state index in [2.05, 4.69) is 22.4 Å². The van der Waals surface area contributed by atoms with Crippen LogP contribution in [-0.2, 0) is 5.54 Å². The Morgan fingerprint density at radius 1 is 0.933 bits per heavy atom. The van der Waals surface area contributed by atoms with Gasteiger partial charge in [-0.3, -0.25) is 4.98 Å². The van der Waals surface area contributed by atoms with E-state index in [4.69, 9.17) is 4.99 Å². The van der Waals surface area contributed by atoms with Crippen LogP contribution in [0.1, 0.15) is 22.3 Å². The van der Waals surface area contributed by atoms with Crippen molar-refractivity contribution in [3.63, 3.8) is 0 Å². The average molecular weight is 392 g/mol. The molecule has 0 saturated heterocycles. The Morgan fingerprint density at radius 2 is 1.77 bits per heavy atom. The molecule has 1 aromatic heterocycles. The number of hydrogen-bond donors (Lipinski definition) is 1. The summed E-state index contributed by atoms with van der Waals surface area (Å²) in [4.78, 5) is 9.70. The van der Waals surface area contributed by atoms with Gasteiger partial charge in [0.1, 0.15) is 17.2 Å². The lowest BCUT2D eigenvalue weighted by Crippen LogP contribution is -2.32. The van der Waals surface area contributed by atoms with Crippen LogP contribution in [0.3, 0.4) is 0 Å². The molecular formula is C25H17FN4. The minimum Gasteiger partial charge on any atom is -0.367 e. The van der Waals surface area contributed by atoms with Gasteiger partial charge in [0.05, 0.1) is 23.7 Å². The first kappa shape index (κ1) is 18.0. The summed E-state index contributed by atoms with van der Waals surface area (Å²) in [5.74, 6) is 0.409. The standard InChI is InChI=1S/C25H17FN4/c26-22-10-8-20(9-11-22)25(21-13-18-5-1-2-7-23(18)28-15-21)16-29-24(30-25)19-6-3-4-17(12-19)14-27/h1-13,15H,16H2,(H,29,30). The summed E-state index contributed by atoms with van der Waals surface area (Å²) in [7, 11) is 0. The first-order valence-electron chi connectivity index (χ1n) is 9.63. The second-order valence-corrected chi connectivity index (χ2v) is 7.29. The molecule has 0 radical (unpaired) electrons. The molecule has 3 aromatic carbocycles. The van der Waals surface area contributed by atoms with Crippen LogP contribution in [0.4, 0.5) is 4.39 Å². The highest BCUT2D eigenvalue weighted by molar-refractivity contribution is 6.01. The van der Waals surface area contributed by atoms with Gasteiger partial charge >= 0.3 is 0 Å². The molecule has 0 saturated carbocycles. The Kier molecular flexibility index (Phi) is 4.26. The number of nitrogens with zero attached hydrogens (tertiary/aromatic N) is 3. The van der Waals surface area contributed by atoms with Gasteiger partial charge in [0.15, 0.2) is 0 Å². The van der Waals surface area contributed by atoms with Crippen molar-refractivity contribution in [1.82, 2.24) is 10.3 Å². The molecular weight excluding hydrogens is 375 g/mol. The van der Waals surface area contributed by atoms with Crippen LogP contribution in [0, 0.1) is 17.1 Å². The fourth-order valence-electron chi connectivity index (χ4n) is 3.91. The molecule has 1 atom stereocenters. The largest absolute Gasteiger partial charge is 0.367 e. The molecule has 4 aromatic rings. The van der Waals surface area contributed by atoms with Crippen molar-refractivity contribution < 1.29 is 4.39 Å². The Bertz CT molecular complexity index is 1320. The molecule has 1 aliphatic rings. The second kappa shape index (κ2) is 7.09. The summed E-state index contributed by atoms with van der Waals surface area (Å²) in [6.45, 7) is 0.505. The van der Waals surface area contributed by atoms with Crippen molar-refractivity contribution in [2.24, 2.45) is 4.99 Å². The zero-order chi connectivity index (χ0) is 20.6. The predicted octanol–water partition coefficient (Wildman–Crippen LogP) is 4.54. The van der Waals surface area contributed by atoms with Gasteiger partial charge in [-0.15, -0.1) is 0 Å². The molecule has 0 aliphatic carbocycles. The van der Waals surface area contributed by atoms with E-state index >= 15 is 0 Å². The number of para-hydroxylation sites is 1. The summed E-state index contributed by atoms with van der Waals surface area (Å²) in [6.07, 6.45) is 1.84. The fraction of sp³-hybridized carbons (Fsp3) is 0.0800. The maximum absolute atomic E-state index is 13.6. The van der Waals surface area contributed by atoms with Crippen molar-refractivity contribution in [1.29, 1.82) is 5.26 Å². The van der Waals surface area contributed by atoms with Gasteiger partial charge < -0.3 is 5.32 Å². The number of nitrogens with one attached hydrogen (secondary N) is 1. The molecule has 30 heavy (non-hydrogen) atoms. The highest BCUT2D eigenvalue weighted by atomic mass is 19.1. The van der Waals surface area contributed by atoms with Crippen molar-refractivity contribution in [2.45, 2.75) is 5.54 Å². The summed E-state index contributed by atoms with van der Waals surface area (Å²) in [5, 5.41) is 13.6. The van der Waals surface area contributed by atoms with Gasteiger partial charge in [-0.25, -0.2) is 9.38 Å². The lowest BCUT2D eigenvalue weighted by Gasteiger charge is -2.26. The third-order valence-corrected chi connectivity index (χ3v) is 5.47. The number of amidine groups is 1. The normalized spacial score (nSPS) is 17.9. The van der Waals surface area contributed by atoms with Crippen LogP contribution < -0.4 is 5.32 Å². The third-order valence-electron chi connectivity index (χ3n) is 5.47. The molecule has 0 spiro atoms. The SMILES string of the molecule is N#Cc1cccc(C2=NC(c3ccc(F)cc3)(c3cnc4ccccc4c3)CN2)c1. The molecule has 1 unspecified atom stereocenters. The Labute approximate surface area is 173 Å². The van der Waals surface area contributed by atoms with Gasteiger partial charge in [-0.2, -0.15) is 5.26 Å². The van der Waals surface area contributed by atoms with E-state index in [9.17, 15) is 9.65 Å². The molecule has 5 heteroatoms. The van der Waals surface area contributed by atoms with E-state index in [0.29, 0.717) is 17.9 Å². The number of pyridine rings is 1. The summed E-state index contributed by atoms with van der Waals surface area (Å²) in [6, 6.07) is 26.0. The van der Waals surface area contributed by atoms with E-state index < -0.39 is 5.54 Å². The topological polar surface area (TPSA) is 61.1 Å². The van der Waals surface area contributed by atoms with Crippen LogP contribution in [0.2, 0.25) is 0 Å². The number of hydrogen-bond acceptors (Lipinski definition) is 4. The third kappa shape index (κ3) is 2.99. The highest BCUT2D eigenvalue weighted by Crippen LogP contribution is 2.37. The molecule has 4 nitrogen and oxygen atoms in total. The molecule has 0 amide bonds. The van der Waals surface area contributed by atoms with Gasteiger partial charge in [-0.1, -0.05) is 42.5 Å². The lowest BCUT2D eigenvalue weighted by molar-refractivity contribution is 0.563.